The molecule has 102 valence electrons. The molecule has 1 rings (SSSR count). The van der Waals surface area contributed by atoms with Crippen LogP contribution < -0.4 is 10.1 Å². The van der Waals surface area contributed by atoms with E-state index < -0.39 is 0 Å². The van der Waals surface area contributed by atoms with Crippen LogP contribution >= 0.6 is 0 Å². The molecule has 18 heavy (non-hydrogen) atoms. The first-order valence-electron chi connectivity index (χ1n) is 7.08. The topological polar surface area (TPSA) is 21.3 Å². The molecule has 2 unspecified atom stereocenters. The molecule has 0 aliphatic carbocycles. The van der Waals surface area contributed by atoms with Crippen molar-refractivity contribution in [3.05, 3.63) is 29.8 Å². The number of nitrogens with one attached hydrogen (secondary N) is 1. The second kappa shape index (κ2) is 7.42. The highest BCUT2D eigenvalue weighted by Crippen LogP contribution is 2.23. The molecule has 0 aromatic heterocycles. The van der Waals surface area contributed by atoms with Crippen LogP contribution in [0.15, 0.2) is 24.3 Å². The summed E-state index contributed by atoms with van der Waals surface area (Å²) < 4.78 is 5.96. The van der Waals surface area contributed by atoms with Gasteiger partial charge < -0.3 is 10.1 Å². The van der Waals surface area contributed by atoms with Crippen LogP contribution in [0.2, 0.25) is 0 Å². The summed E-state index contributed by atoms with van der Waals surface area (Å²) in [6, 6.07) is 8.88. The quantitative estimate of drug-likeness (QED) is 0.783. The molecule has 1 aromatic rings. The maximum absolute atomic E-state index is 5.96. The van der Waals surface area contributed by atoms with E-state index >= 15 is 0 Å². The van der Waals surface area contributed by atoms with Crippen molar-refractivity contribution in [2.24, 2.45) is 5.92 Å². The Labute approximate surface area is 112 Å². The highest BCUT2D eigenvalue weighted by molar-refractivity contribution is 5.30. The van der Waals surface area contributed by atoms with E-state index in [0.717, 1.165) is 18.7 Å². The maximum atomic E-state index is 5.96. The largest absolute Gasteiger partial charge is 0.490 e. The van der Waals surface area contributed by atoms with Gasteiger partial charge in [-0.15, -0.1) is 0 Å². The fraction of sp³-hybridized carbons (Fsp3) is 0.625. The molecule has 1 N–H and O–H groups in total. The van der Waals surface area contributed by atoms with Gasteiger partial charge in [-0.05, 0) is 43.5 Å². The molecular weight excluding hydrogens is 222 g/mol. The zero-order valence-electron chi connectivity index (χ0n) is 12.4. The summed E-state index contributed by atoms with van der Waals surface area (Å²) in [5.41, 5.74) is 1.31. The van der Waals surface area contributed by atoms with E-state index in [9.17, 15) is 0 Å². The van der Waals surface area contributed by atoms with E-state index in [0.29, 0.717) is 12.0 Å². The summed E-state index contributed by atoms with van der Waals surface area (Å²) in [4.78, 5) is 0. The summed E-state index contributed by atoms with van der Waals surface area (Å²) >= 11 is 0. The average molecular weight is 249 g/mol. The molecule has 1 aromatic carbocycles. The van der Waals surface area contributed by atoms with Crippen LogP contribution in [0.1, 0.15) is 52.6 Å². The van der Waals surface area contributed by atoms with Gasteiger partial charge in [0, 0.05) is 6.04 Å². The Morgan fingerprint density at radius 2 is 1.89 bits per heavy atom. The first-order chi connectivity index (χ1) is 8.58. The molecule has 0 saturated carbocycles. The van der Waals surface area contributed by atoms with Gasteiger partial charge in [0.15, 0.2) is 0 Å². The van der Waals surface area contributed by atoms with Gasteiger partial charge in [0.2, 0.25) is 0 Å². The monoisotopic (exact) mass is 249 g/mol. The minimum Gasteiger partial charge on any atom is -0.490 e. The van der Waals surface area contributed by atoms with E-state index in [-0.39, 0.29) is 6.10 Å². The van der Waals surface area contributed by atoms with Crippen LogP contribution in [0.4, 0.5) is 0 Å². The van der Waals surface area contributed by atoms with Crippen molar-refractivity contribution in [2.75, 3.05) is 6.54 Å². The number of ether oxygens (including phenoxy) is 1. The summed E-state index contributed by atoms with van der Waals surface area (Å²) in [6.45, 7) is 11.8. The van der Waals surface area contributed by atoms with Crippen LogP contribution in [-0.2, 0) is 0 Å². The van der Waals surface area contributed by atoms with Gasteiger partial charge in [-0.25, -0.2) is 0 Å². The predicted octanol–water partition coefficient (Wildman–Crippen LogP) is 4.17. The van der Waals surface area contributed by atoms with Gasteiger partial charge in [-0.3, -0.25) is 0 Å². The highest BCUT2D eigenvalue weighted by atomic mass is 16.5. The van der Waals surface area contributed by atoms with Gasteiger partial charge in [0.25, 0.3) is 0 Å². The third-order valence-electron chi connectivity index (χ3n) is 3.38. The maximum Gasteiger partial charge on any atom is 0.120 e. The molecule has 2 nitrogen and oxygen atoms in total. The van der Waals surface area contributed by atoms with Gasteiger partial charge in [-0.1, -0.05) is 39.8 Å². The highest BCUT2D eigenvalue weighted by Gasteiger charge is 2.11. The lowest BCUT2D eigenvalue weighted by atomic mass is 10.0. The van der Waals surface area contributed by atoms with E-state index in [1.165, 1.54) is 5.56 Å². The number of hydrogen-bond donors (Lipinski definition) is 1. The van der Waals surface area contributed by atoms with Gasteiger partial charge in [0.1, 0.15) is 5.75 Å². The molecule has 0 spiro atoms. The summed E-state index contributed by atoms with van der Waals surface area (Å²) in [5.74, 6) is 1.51. The summed E-state index contributed by atoms with van der Waals surface area (Å²) in [6.07, 6.45) is 1.34. The lowest BCUT2D eigenvalue weighted by Gasteiger charge is -2.20. The Morgan fingerprint density at radius 3 is 2.44 bits per heavy atom. The molecule has 0 aliphatic heterocycles. The Balaban J connectivity index is 2.78. The summed E-state index contributed by atoms with van der Waals surface area (Å²) in [5, 5.41) is 3.50. The van der Waals surface area contributed by atoms with E-state index in [1.54, 1.807) is 0 Å². The number of rotatable bonds is 7. The van der Waals surface area contributed by atoms with Gasteiger partial charge in [-0.2, -0.15) is 0 Å². The Bertz CT molecular complexity index is 349. The molecule has 2 heteroatoms. The van der Waals surface area contributed by atoms with Crippen molar-refractivity contribution >= 4 is 0 Å². The Kier molecular flexibility index (Phi) is 6.20. The number of benzene rings is 1. The van der Waals surface area contributed by atoms with E-state index in [1.807, 2.05) is 6.07 Å². The fourth-order valence-electron chi connectivity index (χ4n) is 1.90. The molecule has 0 radical (unpaired) electrons. The standard InChI is InChI=1S/C16H27NO/c1-6-16(17-7-2)14-9-8-10-15(11-14)18-13(5)12(3)4/h8-13,16-17H,6-7H2,1-5H3. The minimum absolute atomic E-state index is 0.250. The van der Waals surface area contributed by atoms with Crippen molar-refractivity contribution < 1.29 is 4.74 Å². The van der Waals surface area contributed by atoms with Crippen molar-refractivity contribution in [1.82, 2.24) is 5.32 Å². The number of hydrogen-bond acceptors (Lipinski definition) is 2. The van der Waals surface area contributed by atoms with Crippen molar-refractivity contribution in [3.63, 3.8) is 0 Å². The molecule has 0 aliphatic rings. The predicted molar refractivity (Wildman–Crippen MR) is 78.1 cm³/mol. The first-order valence-corrected chi connectivity index (χ1v) is 7.08. The smallest absolute Gasteiger partial charge is 0.120 e. The Hall–Kier alpha value is -1.02. The van der Waals surface area contributed by atoms with Crippen molar-refractivity contribution in [1.29, 1.82) is 0 Å². The lowest BCUT2D eigenvalue weighted by molar-refractivity contribution is 0.170. The van der Waals surface area contributed by atoms with Gasteiger partial charge >= 0.3 is 0 Å². The summed E-state index contributed by atoms with van der Waals surface area (Å²) in [7, 11) is 0. The normalized spacial score (nSPS) is 14.6. The van der Waals surface area contributed by atoms with E-state index in [2.05, 4.69) is 58.1 Å². The minimum atomic E-state index is 0.250. The molecule has 2 atom stereocenters. The zero-order chi connectivity index (χ0) is 13.5. The van der Waals surface area contributed by atoms with Crippen LogP contribution in [0.5, 0.6) is 5.75 Å². The molecule has 0 heterocycles. The molecule has 0 fully saturated rings. The average Bonchev–Trinajstić information content (AvgIpc) is 2.36. The first kappa shape index (κ1) is 15.0. The molecule has 0 amide bonds. The van der Waals surface area contributed by atoms with Crippen LogP contribution in [0.25, 0.3) is 0 Å². The molecule has 0 saturated heterocycles. The van der Waals surface area contributed by atoms with Gasteiger partial charge in [0.05, 0.1) is 6.10 Å². The van der Waals surface area contributed by atoms with Crippen LogP contribution in [0.3, 0.4) is 0 Å². The van der Waals surface area contributed by atoms with Crippen molar-refractivity contribution in [2.45, 2.75) is 53.2 Å². The fourth-order valence-corrected chi connectivity index (χ4v) is 1.90. The van der Waals surface area contributed by atoms with E-state index in [4.69, 9.17) is 4.74 Å². The molecular formula is C16H27NO. The third-order valence-corrected chi connectivity index (χ3v) is 3.38. The third kappa shape index (κ3) is 4.34. The van der Waals surface area contributed by atoms with Crippen LogP contribution in [-0.4, -0.2) is 12.6 Å². The SMILES string of the molecule is CCNC(CC)c1cccc(OC(C)C(C)C)c1. The second-order valence-electron chi connectivity index (χ2n) is 5.16. The lowest BCUT2D eigenvalue weighted by Crippen LogP contribution is -2.21. The van der Waals surface area contributed by atoms with Crippen LogP contribution in [0, 0.1) is 5.92 Å². The zero-order valence-corrected chi connectivity index (χ0v) is 12.4. The molecule has 0 bridgehead atoms. The second-order valence-corrected chi connectivity index (χ2v) is 5.16. The Morgan fingerprint density at radius 1 is 1.17 bits per heavy atom. The van der Waals surface area contributed by atoms with Crippen molar-refractivity contribution in [3.8, 4) is 5.75 Å².